The van der Waals surface area contributed by atoms with Crippen LogP contribution in [-0.2, 0) is 6.42 Å². The zero-order valence-corrected chi connectivity index (χ0v) is 7.30. The van der Waals surface area contributed by atoms with Crippen molar-refractivity contribution in [2.45, 2.75) is 13.3 Å². The summed E-state index contributed by atoms with van der Waals surface area (Å²) in [7, 11) is 5.41. The van der Waals surface area contributed by atoms with Gasteiger partial charge in [-0.3, -0.25) is 0 Å². The SMILES string of the molecule is [B]C(=C)Nc1cccc(CC)c1. The van der Waals surface area contributed by atoms with E-state index in [-0.39, 0.29) is 0 Å². The van der Waals surface area contributed by atoms with Crippen LogP contribution in [0.2, 0.25) is 0 Å². The molecular weight excluding hydrogens is 145 g/mol. The summed E-state index contributed by atoms with van der Waals surface area (Å²) in [4.78, 5) is 0. The van der Waals surface area contributed by atoms with Crippen molar-refractivity contribution < 1.29 is 0 Å². The smallest absolute Gasteiger partial charge is 0.137 e. The van der Waals surface area contributed by atoms with Crippen molar-refractivity contribution in [3.8, 4) is 0 Å². The van der Waals surface area contributed by atoms with Crippen molar-refractivity contribution in [2.24, 2.45) is 0 Å². The minimum Gasteiger partial charge on any atom is -0.369 e. The number of benzene rings is 1. The van der Waals surface area contributed by atoms with Crippen molar-refractivity contribution in [1.82, 2.24) is 0 Å². The normalized spacial score (nSPS) is 9.42. The molecule has 1 rings (SSSR count). The summed E-state index contributed by atoms with van der Waals surface area (Å²) in [6.45, 7) is 5.69. The summed E-state index contributed by atoms with van der Waals surface area (Å²) in [6, 6.07) is 8.13. The lowest BCUT2D eigenvalue weighted by molar-refractivity contribution is 1.14. The third-order valence-corrected chi connectivity index (χ3v) is 1.64. The maximum absolute atomic E-state index is 5.41. The summed E-state index contributed by atoms with van der Waals surface area (Å²) in [6.07, 6.45) is 1.03. The van der Waals surface area contributed by atoms with Crippen LogP contribution in [-0.4, -0.2) is 7.85 Å². The van der Waals surface area contributed by atoms with Crippen LogP contribution in [0.1, 0.15) is 12.5 Å². The molecular formula is C10H12BN. The van der Waals surface area contributed by atoms with Gasteiger partial charge in [-0.05, 0) is 29.7 Å². The van der Waals surface area contributed by atoms with E-state index in [9.17, 15) is 0 Å². The predicted molar refractivity (Wildman–Crippen MR) is 54.3 cm³/mol. The average molecular weight is 157 g/mol. The fourth-order valence-corrected chi connectivity index (χ4v) is 1.05. The minimum atomic E-state index is 0.475. The van der Waals surface area contributed by atoms with Crippen LogP contribution in [0.15, 0.2) is 36.4 Å². The summed E-state index contributed by atoms with van der Waals surface area (Å²) in [5.41, 5.74) is 2.77. The van der Waals surface area contributed by atoms with E-state index in [4.69, 9.17) is 7.85 Å². The van der Waals surface area contributed by atoms with E-state index in [1.54, 1.807) is 0 Å². The monoisotopic (exact) mass is 157 g/mol. The summed E-state index contributed by atoms with van der Waals surface area (Å²) in [5, 5.41) is 2.96. The Morgan fingerprint density at radius 3 is 2.92 bits per heavy atom. The lowest BCUT2D eigenvalue weighted by atomic mass is 10.1. The zero-order chi connectivity index (χ0) is 8.97. The molecule has 0 aliphatic heterocycles. The maximum Gasteiger partial charge on any atom is 0.137 e. The van der Waals surface area contributed by atoms with Gasteiger partial charge in [-0.1, -0.05) is 25.6 Å². The fraction of sp³-hybridized carbons (Fsp3) is 0.200. The summed E-state index contributed by atoms with van der Waals surface area (Å²) in [5.74, 6) is 0. The molecule has 0 aliphatic carbocycles. The van der Waals surface area contributed by atoms with Crippen molar-refractivity contribution in [3.05, 3.63) is 42.0 Å². The van der Waals surface area contributed by atoms with Gasteiger partial charge in [0.15, 0.2) is 0 Å². The number of aryl methyl sites for hydroxylation is 1. The molecule has 0 saturated heterocycles. The first-order chi connectivity index (χ1) is 5.72. The van der Waals surface area contributed by atoms with Gasteiger partial charge in [0.05, 0.1) is 0 Å². The topological polar surface area (TPSA) is 12.0 Å². The molecule has 0 aromatic heterocycles. The van der Waals surface area contributed by atoms with Crippen LogP contribution in [0.25, 0.3) is 0 Å². The third kappa shape index (κ3) is 2.46. The Bertz CT molecular complexity index is 281. The van der Waals surface area contributed by atoms with Crippen molar-refractivity contribution in [1.29, 1.82) is 0 Å². The highest BCUT2D eigenvalue weighted by Crippen LogP contribution is 2.11. The number of hydrogen-bond acceptors (Lipinski definition) is 1. The molecule has 0 spiro atoms. The second-order valence-corrected chi connectivity index (χ2v) is 2.70. The van der Waals surface area contributed by atoms with Crippen LogP contribution in [0.3, 0.4) is 0 Å². The fourth-order valence-electron chi connectivity index (χ4n) is 1.05. The number of anilines is 1. The number of nitrogens with one attached hydrogen (secondary N) is 1. The molecule has 1 N–H and O–H groups in total. The van der Waals surface area contributed by atoms with Gasteiger partial charge in [0.1, 0.15) is 7.85 Å². The lowest BCUT2D eigenvalue weighted by Gasteiger charge is -2.06. The predicted octanol–water partition coefficient (Wildman–Crippen LogP) is 2.30. The summed E-state index contributed by atoms with van der Waals surface area (Å²) >= 11 is 0. The van der Waals surface area contributed by atoms with Gasteiger partial charge >= 0.3 is 0 Å². The van der Waals surface area contributed by atoms with E-state index in [0.29, 0.717) is 5.60 Å². The van der Waals surface area contributed by atoms with Gasteiger partial charge in [-0.25, -0.2) is 0 Å². The maximum atomic E-state index is 5.41. The van der Waals surface area contributed by atoms with Gasteiger partial charge in [0.25, 0.3) is 0 Å². The van der Waals surface area contributed by atoms with Crippen LogP contribution in [0.4, 0.5) is 5.69 Å². The van der Waals surface area contributed by atoms with Crippen molar-refractivity contribution in [2.75, 3.05) is 5.32 Å². The first kappa shape index (κ1) is 8.92. The number of hydrogen-bond donors (Lipinski definition) is 1. The van der Waals surface area contributed by atoms with Gasteiger partial charge < -0.3 is 5.32 Å². The average Bonchev–Trinajstić information content (AvgIpc) is 2.03. The lowest BCUT2D eigenvalue weighted by Crippen LogP contribution is -1.97. The Hall–Kier alpha value is -1.18. The molecule has 0 bridgehead atoms. The van der Waals surface area contributed by atoms with Gasteiger partial charge in [0, 0.05) is 5.69 Å². The van der Waals surface area contributed by atoms with Crippen LogP contribution in [0, 0.1) is 0 Å². The highest BCUT2D eigenvalue weighted by atomic mass is 14.9. The first-order valence-electron chi connectivity index (χ1n) is 4.02. The van der Waals surface area contributed by atoms with Gasteiger partial charge in [-0.15, -0.1) is 0 Å². The first-order valence-corrected chi connectivity index (χ1v) is 4.02. The molecule has 2 radical (unpaired) electrons. The van der Waals surface area contributed by atoms with Crippen molar-refractivity contribution in [3.63, 3.8) is 0 Å². The highest BCUT2D eigenvalue weighted by molar-refractivity contribution is 6.22. The molecule has 2 heteroatoms. The Morgan fingerprint density at radius 2 is 2.33 bits per heavy atom. The van der Waals surface area contributed by atoms with Crippen LogP contribution < -0.4 is 5.32 Å². The van der Waals surface area contributed by atoms with E-state index in [1.807, 2.05) is 12.1 Å². The molecule has 0 aliphatic rings. The molecule has 12 heavy (non-hydrogen) atoms. The Morgan fingerprint density at radius 1 is 1.58 bits per heavy atom. The molecule has 0 heterocycles. The van der Waals surface area contributed by atoms with Crippen LogP contribution in [0.5, 0.6) is 0 Å². The standard InChI is InChI=1S/C10H12BN/c1-3-9-5-4-6-10(7-9)12-8(2)11/h4-7,12H,2-3H2,1H3. The zero-order valence-electron chi connectivity index (χ0n) is 7.30. The molecule has 1 nitrogen and oxygen atoms in total. The molecule has 0 unspecified atom stereocenters. The Balaban J connectivity index is 2.79. The van der Waals surface area contributed by atoms with Crippen LogP contribution >= 0.6 is 0 Å². The van der Waals surface area contributed by atoms with Crippen molar-refractivity contribution >= 4 is 13.5 Å². The van der Waals surface area contributed by atoms with E-state index >= 15 is 0 Å². The van der Waals surface area contributed by atoms with E-state index in [2.05, 4.69) is 31.0 Å². The Labute approximate surface area is 74.9 Å². The van der Waals surface area contributed by atoms with E-state index in [1.165, 1.54) is 5.56 Å². The largest absolute Gasteiger partial charge is 0.369 e. The summed E-state index contributed by atoms with van der Waals surface area (Å²) < 4.78 is 0. The second-order valence-electron chi connectivity index (χ2n) is 2.70. The molecule has 0 fully saturated rings. The molecule has 0 atom stereocenters. The second kappa shape index (κ2) is 4.00. The molecule has 1 aromatic rings. The third-order valence-electron chi connectivity index (χ3n) is 1.64. The van der Waals surface area contributed by atoms with Gasteiger partial charge in [-0.2, -0.15) is 0 Å². The quantitative estimate of drug-likeness (QED) is 0.663. The van der Waals surface area contributed by atoms with E-state index in [0.717, 1.165) is 12.1 Å². The Kier molecular flexibility index (Phi) is 2.97. The minimum absolute atomic E-state index is 0.475. The molecule has 0 saturated carbocycles. The number of rotatable bonds is 3. The van der Waals surface area contributed by atoms with E-state index < -0.39 is 0 Å². The molecule has 1 aromatic carbocycles. The van der Waals surface area contributed by atoms with Gasteiger partial charge in [0.2, 0.25) is 0 Å². The molecule has 60 valence electrons. The highest BCUT2D eigenvalue weighted by Gasteiger charge is 1.92. The molecule has 0 amide bonds.